The van der Waals surface area contributed by atoms with Gasteiger partial charge in [0.2, 0.25) is 5.91 Å². The van der Waals surface area contributed by atoms with Crippen LogP contribution in [0.4, 0.5) is 10.5 Å². The third kappa shape index (κ3) is 4.50. The van der Waals surface area contributed by atoms with Gasteiger partial charge in [0.15, 0.2) is 0 Å². The Hall–Kier alpha value is -3.65. The number of nitrogens with zero attached hydrogens (tertiary/aromatic N) is 1. The van der Waals surface area contributed by atoms with Crippen molar-refractivity contribution < 1.29 is 19.1 Å². The number of carbonyl (C=O) groups excluding carboxylic acids is 3. The SMILES string of the molecule is C[C@]1(c2cccc(Br)c2)NC(=O)N(CC(=O)Nc2ccc(Oc3ccccc3)cc2)C1=O. The number of anilines is 1. The maximum absolute atomic E-state index is 13.0. The lowest BCUT2D eigenvalue weighted by atomic mass is 9.92. The first kappa shape index (κ1) is 21.6. The molecule has 0 bridgehead atoms. The van der Waals surface area contributed by atoms with Gasteiger partial charge in [-0.15, -0.1) is 0 Å². The Kier molecular flexibility index (Phi) is 5.96. The molecule has 1 heterocycles. The van der Waals surface area contributed by atoms with E-state index < -0.39 is 29.9 Å². The first-order valence-corrected chi connectivity index (χ1v) is 10.7. The molecule has 0 aromatic heterocycles. The normalized spacial score (nSPS) is 17.8. The van der Waals surface area contributed by atoms with Gasteiger partial charge in [0.1, 0.15) is 23.6 Å². The van der Waals surface area contributed by atoms with Crippen molar-refractivity contribution in [2.75, 3.05) is 11.9 Å². The molecule has 1 aliphatic heterocycles. The minimum Gasteiger partial charge on any atom is -0.457 e. The van der Waals surface area contributed by atoms with Gasteiger partial charge in [-0.3, -0.25) is 14.5 Å². The van der Waals surface area contributed by atoms with Crippen LogP contribution in [-0.4, -0.2) is 29.3 Å². The number of rotatable bonds is 6. The molecule has 4 amide bonds. The zero-order valence-corrected chi connectivity index (χ0v) is 18.8. The fourth-order valence-electron chi connectivity index (χ4n) is 3.41. The molecule has 3 aromatic rings. The quantitative estimate of drug-likeness (QED) is 0.489. The number of hydrogen-bond donors (Lipinski definition) is 2. The van der Waals surface area contributed by atoms with Crippen LogP contribution in [0, 0.1) is 0 Å². The second kappa shape index (κ2) is 8.84. The molecule has 7 nitrogen and oxygen atoms in total. The molecule has 8 heteroatoms. The molecule has 0 spiro atoms. The predicted molar refractivity (Wildman–Crippen MR) is 123 cm³/mol. The number of carbonyl (C=O) groups is 3. The number of amides is 4. The van der Waals surface area contributed by atoms with Crippen LogP contribution in [0.3, 0.4) is 0 Å². The maximum Gasteiger partial charge on any atom is 0.325 e. The van der Waals surface area contributed by atoms with Gasteiger partial charge in [0.25, 0.3) is 5.91 Å². The largest absolute Gasteiger partial charge is 0.457 e. The predicted octanol–water partition coefficient (Wildman–Crippen LogP) is 4.65. The average Bonchev–Trinajstić information content (AvgIpc) is 3.00. The summed E-state index contributed by atoms with van der Waals surface area (Å²) < 4.78 is 6.51. The number of para-hydroxylation sites is 1. The van der Waals surface area contributed by atoms with E-state index in [1.54, 1.807) is 49.4 Å². The highest BCUT2D eigenvalue weighted by molar-refractivity contribution is 9.10. The van der Waals surface area contributed by atoms with Crippen LogP contribution in [0.1, 0.15) is 12.5 Å². The monoisotopic (exact) mass is 493 g/mol. The van der Waals surface area contributed by atoms with Gasteiger partial charge >= 0.3 is 6.03 Å². The van der Waals surface area contributed by atoms with Gasteiger partial charge in [0, 0.05) is 10.2 Å². The van der Waals surface area contributed by atoms with Gasteiger partial charge in [-0.2, -0.15) is 0 Å². The zero-order valence-electron chi connectivity index (χ0n) is 17.2. The lowest BCUT2D eigenvalue weighted by molar-refractivity contribution is -0.133. The Morgan fingerprint density at radius 1 is 1.00 bits per heavy atom. The minimum absolute atomic E-state index is 0.392. The summed E-state index contributed by atoms with van der Waals surface area (Å²) in [5.41, 5.74) is -0.0863. The van der Waals surface area contributed by atoms with Gasteiger partial charge in [-0.05, 0) is 61.0 Å². The molecule has 2 N–H and O–H groups in total. The Bertz CT molecular complexity index is 1170. The molecule has 1 fully saturated rings. The maximum atomic E-state index is 13.0. The minimum atomic E-state index is -1.24. The number of urea groups is 1. The fraction of sp³-hybridized carbons (Fsp3) is 0.125. The van der Waals surface area contributed by atoms with E-state index >= 15 is 0 Å². The van der Waals surface area contributed by atoms with Crippen LogP contribution in [0.15, 0.2) is 83.3 Å². The van der Waals surface area contributed by atoms with E-state index in [1.165, 1.54) is 0 Å². The van der Waals surface area contributed by atoms with Crippen molar-refractivity contribution in [2.45, 2.75) is 12.5 Å². The first-order chi connectivity index (χ1) is 15.3. The van der Waals surface area contributed by atoms with Crippen LogP contribution in [0.25, 0.3) is 0 Å². The molecule has 1 atom stereocenters. The van der Waals surface area contributed by atoms with Crippen molar-refractivity contribution in [3.8, 4) is 11.5 Å². The number of halogens is 1. The topological polar surface area (TPSA) is 87.7 Å². The van der Waals surface area contributed by atoms with E-state index in [1.807, 2.05) is 36.4 Å². The van der Waals surface area contributed by atoms with E-state index in [-0.39, 0.29) is 0 Å². The Balaban J connectivity index is 1.39. The van der Waals surface area contributed by atoms with Crippen molar-refractivity contribution in [2.24, 2.45) is 0 Å². The number of benzene rings is 3. The Morgan fingerprint density at radius 3 is 2.38 bits per heavy atom. The van der Waals surface area contributed by atoms with E-state index in [9.17, 15) is 14.4 Å². The molecule has 1 saturated heterocycles. The first-order valence-electron chi connectivity index (χ1n) is 9.88. The molecule has 32 heavy (non-hydrogen) atoms. The number of ether oxygens (including phenoxy) is 1. The number of imide groups is 1. The fourth-order valence-corrected chi connectivity index (χ4v) is 3.81. The second-order valence-electron chi connectivity index (χ2n) is 7.44. The van der Waals surface area contributed by atoms with Gasteiger partial charge in [0.05, 0.1) is 0 Å². The van der Waals surface area contributed by atoms with Crippen molar-refractivity contribution in [3.63, 3.8) is 0 Å². The van der Waals surface area contributed by atoms with Gasteiger partial charge < -0.3 is 15.4 Å². The summed E-state index contributed by atoms with van der Waals surface area (Å²) >= 11 is 3.37. The van der Waals surface area contributed by atoms with Crippen molar-refractivity contribution in [1.82, 2.24) is 10.2 Å². The van der Waals surface area contributed by atoms with E-state index in [4.69, 9.17) is 4.74 Å². The third-order valence-electron chi connectivity index (χ3n) is 5.10. The second-order valence-corrected chi connectivity index (χ2v) is 8.36. The van der Waals surface area contributed by atoms with Crippen LogP contribution in [-0.2, 0) is 15.1 Å². The molecule has 0 aliphatic carbocycles. The Morgan fingerprint density at radius 2 is 1.69 bits per heavy atom. The van der Waals surface area contributed by atoms with Crippen LogP contribution < -0.4 is 15.4 Å². The highest BCUT2D eigenvalue weighted by Gasteiger charge is 2.49. The summed E-state index contributed by atoms with van der Waals surface area (Å²) in [5.74, 6) is 0.357. The highest BCUT2D eigenvalue weighted by Crippen LogP contribution is 2.30. The Labute approximate surface area is 193 Å². The van der Waals surface area contributed by atoms with Gasteiger partial charge in [-0.1, -0.05) is 46.3 Å². The zero-order chi connectivity index (χ0) is 22.7. The van der Waals surface area contributed by atoms with Gasteiger partial charge in [-0.25, -0.2) is 4.79 Å². The highest BCUT2D eigenvalue weighted by atomic mass is 79.9. The lowest BCUT2D eigenvalue weighted by Crippen LogP contribution is -2.42. The number of nitrogens with one attached hydrogen (secondary N) is 2. The molecule has 0 radical (unpaired) electrons. The lowest BCUT2D eigenvalue weighted by Gasteiger charge is -2.22. The van der Waals surface area contributed by atoms with E-state index in [0.29, 0.717) is 22.7 Å². The molecule has 0 saturated carbocycles. The molecular formula is C24H20BrN3O4. The summed E-state index contributed by atoms with van der Waals surface area (Å²) in [7, 11) is 0. The summed E-state index contributed by atoms with van der Waals surface area (Å²) in [4.78, 5) is 38.9. The molecule has 0 unspecified atom stereocenters. The van der Waals surface area contributed by atoms with Crippen LogP contribution in [0.2, 0.25) is 0 Å². The molecule has 1 aliphatic rings. The molecule has 162 valence electrons. The van der Waals surface area contributed by atoms with E-state index in [0.717, 1.165) is 9.37 Å². The van der Waals surface area contributed by atoms with Crippen molar-refractivity contribution in [1.29, 1.82) is 0 Å². The molecular weight excluding hydrogens is 474 g/mol. The third-order valence-corrected chi connectivity index (χ3v) is 5.59. The average molecular weight is 494 g/mol. The summed E-state index contributed by atoms with van der Waals surface area (Å²) in [6, 6.07) is 22.7. The van der Waals surface area contributed by atoms with Crippen molar-refractivity contribution >= 4 is 39.5 Å². The standard InChI is InChI=1S/C24H20BrN3O4/c1-24(16-6-5-7-17(25)14-16)22(30)28(23(31)27-24)15-21(29)26-18-10-12-20(13-11-18)32-19-8-3-2-4-9-19/h2-14H,15H2,1H3,(H,26,29)(H,27,31)/t24-/m1/s1. The summed E-state index contributed by atoms with van der Waals surface area (Å²) in [6.45, 7) is 1.23. The van der Waals surface area contributed by atoms with Crippen LogP contribution >= 0.6 is 15.9 Å². The molecule has 4 rings (SSSR count). The summed E-state index contributed by atoms with van der Waals surface area (Å²) in [5, 5.41) is 5.39. The van der Waals surface area contributed by atoms with Crippen LogP contribution in [0.5, 0.6) is 11.5 Å². The van der Waals surface area contributed by atoms with E-state index in [2.05, 4.69) is 26.6 Å². The molecule has 3 aromatic carbocycles. The summed E-state index contributed by atoms with van der Waals surface area (Å²) in [6.07, 6.45) is 0. The number of hydrogen-bond acceptors (Lipinski definition) is 4. The van der Waals surface area contributed by atoms with Crippen molar-refractivity contribution in [3.05, 3.63) is 88.9 Å². The smallest absolute Gasteiger partial charge is 0.325 e.